The third-order valence-electron chi connectivity index (χ3n) is 4.87. The molecule has 0 bridgehead atoms. The summed E-state index contributed by atoms with van der Waals surface area (Å²) in [5.74, 6) is -0.180. The van der Waals surface area contributed by atoms with Crippen molar-refractivity contribution < 1.29 is 13.2 Å². The van der Waals surface area contributed by atoms with Crippen LogP contribution in [0.15, 0.2) is 86.2 Å². The van der Waals surface area contributed by atoms with E-state index in [1.807, 2.05) is 48.4 Å². The summed E-state index contributed by atoms with van der Waals surface area (Å²) < 4.78 is 26.5. The van der Waals surface area contributed by atoms with Crippen molar-refractivity contribution in [3.8, 4) is 0 Å². The molecule has 0 aliphatic carbocycles. The van der Waals surface area contributed by atoms with E-state index in [2.05, 4.69) is 9.82 Å². The highest BCUT2D eigenvalue weighted by atomic mass is 32.2. The van der Waals surface area contributed by atoms with Gasteiger partial charge in [0, 0.05) is 11.9 Å². The van der Waals surface area contributed by atoms with E-state index in [0.29, 0.717) is 11.3 Å². The minimum Gasteiger partial charge on any atom is -0.338 e. The van der Waals surface area contributed by atoms with Crippen molar-refractivity contribution in [3.05, 3.63) is 71.3 Å². The maximum absolute atomic E-state index is 12.8. The Bertz CT molecular complexity index is 1220. The van der Waals surface area contributed by atoms with Crippen molar-refractivity contribution in [1.29, 1.82) is 0 Å². The molecule has 7 nitrogen and oxygen atoms in total. The third-order valence-corrected chi connectivity index (χ3v) is 7.45. The van der Waals surface area contributed by atoms with Crippen LogP contribution in [0.4, 0.5) is 11.4 Å². The van der Waals surface area contributed by atoms with Crippen molar-refractivity contribution in [1.82, 2.24) is 4.72 Å². The molecule has 2 aromatic rings. The van der Waals surface area contributed by atoms with Crippen molar-refractivity contribution >= 4 is 44.8 Å². The highest BCUT2D eigenvalue weighted by molar-refractivity contribution is 8.03. The van der Waals surface area contributed by atoms with Gasteiger partial charge in [-0.15, -0.1) is 0 Å². The number of anilines is 2. The third kappa shape index (κ3) is 3.55. The Morgan fingerprint density at radius 1 is 1.10 bits per heavy atom. The normalized spacial score (nSPS) is 19.0. The lowest BCUT2D eigenvalue weighted by Crippen LogP contribution is -2.21. The molecule has 2 aliphatic heterocycles. The number of hydrogen-bond donors (Lipinski definition) is 1. The smallest absolute Gasteiger partial charge is 0.280 e. The van der Waals surface area contributed by atoms with Crippen LogP contribution in [0.5, 0.6) is 0 Å². The molecule has 0 aromatic heterocycles. The average Bonchev–Trinajstić information content (AvgIpc) is 3.22. The number of hydrogen-bond acceptors (Lipinski definition) is 6. The van der Waals surface area contributed by atoms with Gasteiger partial charge in [-0.25, -0.2) is 13.1 Å². The summed E-state index contributed by atoms with van der Waals surface area (Å²) in [6.45, 7) is 1.81. The molecule has 0 spiro atoms. The van der Waals surface area contributed by atoms with E-state index in [1.54, 1.807) is 31.2 Å². The minimum absolute atomic E-state index is 0.180. The fraction of sp³-hybridized carbons (Fsp3) is 0.143. The first-order valence-electron chi connectivity index (χ1n) is 9.18. The molecule has 30 heavy (non-hydrogen) atoms. The van der Waals surface area contributed by atoms with Crippen LogP contribution in [0.3, 0.4) is 0 Å². The first kappa shape index (κ1) is 20.4. The lowest BCUT2D eigenvalue weighted by molar-refractivity contribution is -0.114. The van der Waals surface area contributed by atoms with Crippen molar-refractivity contribution in [3.63, 3.8) is 0 Å². The second kappa shape index (κ2) is 7.75. The minimum atomic E-state index is -3.51. The second-order valence-corrected chi connectivity index (χ2v) is 9.67. The van der Waals surface area contributed by atoms with Gasteiger partial charge in [0.15, 0.2) is 0 Å². The Kier molecular flexibility index (Phi) is 5.27. The number of amides is 1. The summed E-state index contributed by atoms with van der Waals surface area (Å²) in [5.41, 5.74) is 2.80. The number of rotatable bonds is 4. The van der Waals surface area contributed by atoms with Gasteiger partial charge < -0.3 is 4.90 Å². The number of sulfonamides is 1. The summed E-state index contributed by atoms with van der Waals surface area (Å²) in [6, 6.07) is 14.3. The van der Waals surface area contributed by atoms with E-state index in [-0.39, 0.29) is 10.8 Å². The van der Waals surface area contributed by atoms with E-state index in [9.17, 15) is 13.2 Å². The van der Waals surface area contributed by atoms with Crippen LogP contribution in [0.1, 0.15) is 6.92 Å². The maximum atomic E-state index is 12.8. The summed E-state index contributed by atoms with van der Waals surface area (Å²) in [4.78, 5) is 15.9. The standard InChI is InChI=1S/C21H20N4O3S2/c1-14-17(21(26)25(23-14)15-7-5-4-6-8-15)10-12-20-24(3)18-11-9-16(13-19(18)29-20)30(27,28)22-2/h4-13,22H,1-3H3/b17-10+,20-12-. The van der Waals surface area contributed by atoms with Crippen molar-refractivity contribution in [2.75, 3.05) is 24.0 Å². The van der Waals surface area contributed by atoms with Gasteiger partial charge in [-0.2, -0.15) is 10.1 Å². The molecule has 9 heteroatoms. The Labute approximate surface area is 179 Å². The highest BCUT2D eigenvalue weighted by Crippen LogP contribution is 2.45. The summed E-state index contributed by atoms with van der Waals surface area (Å²) >= 11 is 1.45. The number of benzene rings is 2. The molecule has 0 unspecified atom stereocenters. The number of hydrazone groups is 1. The van der Waals surface area contributed by atoms with Crippen LogP contribution >= 0.6 is 11.8 Å². The number of fused-ring (bicyclic) bond motifs is 1. The van der Waals surface area contributed by atoms with Gasteiger partial charge >= 0.3 is 0 Å². The molecule has 0 fully saturated rings. The Balaban J connectivity index is 1.61. The SMILES string of the molecule is CNS(=O)(=O)c1ccc2c(c1)S/C(=C\C=C1\C(=O)N(c3ccccc3)N=C1C)N2C. The van der Waals surface area contributed by atoms with Crippen molar-refractivity contribution in [2.24, 2.45) is 5.10 Å². The highest BCUT2D eigenvalue weighted by Gasteiger charge is 2.29. The Morgan fingerprint density at radius 2 is 1.83 bits per heavy atom. The monoisotopic (exact) mass is 440 g/mol. The van der Waals surface area contributed by atoms with E-state index in [4.69, 9.17) is 0 Å². The van der Waals surface area contributed by atoms with Gasteiger partial charge in [0.2, 0.25) is 10.0 Å². The number of nitrogens with zero attached hydrogens (tertiary/aromatic N) is 3. The predicted molar refractivity (Wildman–Crippen MR) is 120 cm³/mol. The molecule has 0 atom stereocenters. The predicted octanol–water partition coefficient (Wildman–Crippen LogP) is 3.33. The molecule has 2 aliphatic rings. The maximum Gasteiger partial charge on any atom is 0.280 e. The van der Waals surface area contributed by atoms with E-state index < -0.39 is 10.0 Å². The van der Waals surface area contributed by atoms with Crippen LogP contribution < -0.4 is 14.6 Å². The average molecular weight is 441 g/mol. The van der Waals surface area contributed by atoms with E-state index in [0.717, 1.165) is 21.3 Å². The Morgan fingerprint density at radius 3 is 2.53 bits per heavy atom. The molecule has 0 saturated heterocycles. The van der Waals surface area contributed by atoms with E-state index >= 15 is 0 Å². The van der Waals surface area contributed by atoms with Gasteiger partial charge in [0.05, 0.1) is 32.6 Å². The zero-order chi connectivity index (χ0) is 21.5. The van der Waals surface area contributed by atoms with Crippen molar-refractivity contribution in [2.45, 2.75) is 16.7 Å². The second-order valence-electron chi connectivity index (χ2n) is 6.72. The number of nitrogens with one attached hydrogen (secondary N) is 1. The molecule has 2 aromatic carbocycles. The molecular formula is C21H20N4O3S2. The zero-order valence-electron chi connectivity index (χ0n) is 16.7. The topological polar surface area (TPSA) is 82.1 Å². The lowest BCUT2D eigenvalue weighted by Gasteiger charge is -2.13. The molecule has 2 heterocycles. The van der Waals surface area contributed by atoms with E-state index in [1.165, 1.54) is 23.8 Å². The lowest BCUT2D eigenvalue weighted by atomic mass is 10.1. The van der Waals surface area contributed by atoms with Gasteiger partial charge in [-0.3, -0.25) is 4.79 Å². The largest absolute Gasteiger partial charge is 0.338 e. The van der Waals surface area contributed by atoms with Gasteiger partial charge in [-0.1, -0.05) is 30.0 Å². The van der Waals surface area contributed by atoms with Crippen LogP contribution in [0, 0.1) is 0 Å². The quantitative estimate of drug-likeness (QED) is 0.738. The summed E-state index contributed by atoms with van der Waals surface area (Å²) in [7, 11) is -0.211. The summed E-state index contributed by atoms with van der Waals surface area (Å²) in [5, 5.41) is 6.66. The molecular weight excluding hydrogens is 420 g/mol. The van der Waals surface area contributed by atoms with Gasteiger partial charge in [-0.05, 0) is 56.5 Å². The molecule has 1 N–H and O–H groups in total. The first-order chi connectivity index (χ1) is 14.3. The fourth-order valence-electron chi connectivity index (χ4n) is 3.19. The molecule has 0 radical (unpaired) electrons. The number of carbonyl (C=O) groups excluding carboxylic acids is 1. The number of allylic oxidation sites excluding steroid dienone is 2. The number of carbonyl (C=O) groups is 1. The molecule has 0 saturated carbocycles. The van der Waals surface area contributed by atoms with Crippen LogP contribution in [-0.2, 0) is 14.8 Å². The fourth-order valence-corrected chi connectivity index (χ4v) is 5.12. The first-order valence-corrected chi connectivity index (χ1v) is 11.5. The van der Waals surface area contributed by atoms with Gasteiger partial charge in [0.1, 0.15) is 0 Å². The van der Waals surface area contributed by atoms with Crippen LogP contribution in [0.2, 0.25) is 0 Å². The van der Waals surface area contributed by atoms with Crippen LogP contribution in [0.25, 0.3) is 0 Å². The van der Waals surface area contributed by atoms with Crippen LogP contribution in [-0.4, -0.2) is 34.1 Å². The summed E-state index contributed by atoms with van der Waals surface area (Å²) in [6.07, 6.45) is 3.62. The molecule has 154 valence electrons. The Hall–Kier alpha value is -2.88. The molecule has 1 amide bonds. The number of thioether (sulfide) groups is 1. The van der Waals surface area contributed by atoms with Gasteiger partial charge in [0.25, 0.3) is 5.91 Å². The molecule has 4 rings (SSSR count). The zero-order valence-corrected chi connectivity index (χ0v) is 18.3. The number of para-hydroxylation sites is 1.